The normalized spacial score (nSPS) is 18.9. The lowest BCUT2D eigenvalue weighted by Crippen LogP contribution is -2.47. The van der Waals surface area contributed by atoms with Crippen molar-refractivity contribution >= 4 is 11.6 Å². The van der Waals surface area contributed by atoms with Crippen LogP contribution in [0.4, 0.5) is 0 Å². The molecule has 0 spiro atoms. The molecule has 4 heteroatoms. The summed E-state index contributed by atoms with van der Waals surface area (Å²) in [4.78, 5) is 4.95. The van der Waals surface area contributed by atoms with E-state index >= 15 is 0 Å². The summed E-state index contributed by atoms with van der Waals surface area (Å²) in [7, 11) is 0. The highest BCUT2D eigenvalue weighted by Crippen LogP contribution is 2.24. The lowest BCUT2D eigenvalue weighted by atomic mass is 9.95. The van der Waals surface area contributed by atoms with Crippen molar-refractivity contribution in [2.75, 3.05) is 39.3 Å². The highest BCUT2D eigenvalue weighted by atomic mass is 35.5. The van der Waals surface area contributed by atoms with Gasteiger partial charge in [0, 0.05) is 49.4 Å². The fourth-order valence-corrected chi connectivity index (χ4v) is 2.80. The average Bonchev–Trinajstić information content (AvgIpc) is 2.46. The number of benzene rings is 1. The van der Waals surface area contributed by atoms with Gasteiger partial charge in [0.1, 0.15) is 0 Å². The van der Waals surface area contributed by atoms with Gasteiger partial charge in [-0.2, -0.15) is 0 Å². The highest BCUT2D eigenvalue weighted by Gasteiger charge is 2.21. The molecule has 0 aliphatic carbocycles. The van der Waals surface area contributed by atoms with Crippen molar-refractivity contribution in [2.45, 2.75) is 12.8 Å². The largest absolute Gasteiger partial charge is 0.402 e. The van der Waals surface area contributed by atoms with Crippen molar-refractivity contribution in [3.05, 3.63) is 47.1 Å². The first-order chi connectivity index (χ1) is 9.60. The molecular formula is C16H24ClN3. The third kappa shape index (κ3) is 3.98. The summed E-state index contributed by atoms with van der Waals surface area (Å²) in [5.74, 6) is 0.181. The van der Waals surface area contributed by atoms with Crippen molar-refractivity contribution in [1.29, 1.82) is 0 Å². The predicted molar refractivity (Wildman–Crippen MR) is 86.1 cm³/mol. The first-order valence-corrected chi connectivity index (χ1v) is 7.62. The molecule has 0 unspecified atom stereocenters. The van der Waals surface area contributed by atoms with E-state index in [2.05, 4.69) is 23.3 Å². The molecule has 1 aliphatic heterocycles. The molecule has 1 aromatic rings. The molecule has 0 radical (unpaired) electrons. The maximum absolute atomic E-state index is 6.01. The van der Waals surface area contributed by atoms with Gasteiger partial charge in [0.05, 0.1) is 0 Å². The van der Waals surface area contributed by atoms with Crippen molar-refractivity contribution in [2.24, 2.45) is 5.73 Å². The minimum absolute atomic E-state index is 0.181. The number of halogens is 1. The van der Waals surface area contributed by atoms with Gasteiger partial charge in [0.25, 0.3) is 0 Å². The smallest absolute Gasteiger partial charge is 0.0406 e. The molecule has 2 rings (SSSR count). The van der Waals surface area contributed by atoms with Crippen LogP contribution in [0.5, 0.6) is 0 Å². The van der Waals surface area contributed by atoms with E-state index in [-0.39, 0.29) is 5.92 Å². The molecule has 3 nitrogen and oxygen atoms in total. The Balaban J connectivity index is 2.00. The van der Waals surface area contributed by atoms with E-state index in [1.807, 2.05) is 24.3 Å². The monoisotopic (exact) mass is 293 g/mol. The van der Waals surface area contributed by atoms with E-state index in [9.17, 15) is 0 Å². The summed E-state index contributed by atoms with van der Waals surface area (Å²) in [6, 6.07) is 7.93. The minimum atomic E-state index is 0.181. The maximum Gasteiger partial charge on any atom is 0.0406 e. The van der Waals surface area contributed by atoms with Gasteiger partial charge in [-0.05, 0) is 24.2 Å². The number of likely N-dealkylation sites (N-methyl/N-ethyl adjacent to an activating group) is 1. The molecule has 0 saturated carbocycles. The molecule has 1 aromatic carbocycles. The highest BCUT2D eigenvalue weighted by molar-refractivity contribution is 6.30. The van der Waals surface area contributed by atoms with E-state index in [0.29, 0.717) is 0 Å². The third-order valence-corrected chi connectivity index (χ3v) is 4.32. The van der Waals surface area contributed by atoms with Gasteiger partial charge in [-0.3, -0.25) is 4.90 Å². The Kier molecular flexibility index (Phi) is 5.46. The molecule has 2 N–H and O–H groups in total. The Bertz CT molecular complexity index is 436. The van der Waals surface area contributed by atoms with Gasteiger partial charge in [-0.15, -0.1) is 0 Å². The van der Waals surface area contributed by atoms with Crippen molar-refractivity contribution in [3.63, 3.8) is 0 Å². The van der Waals surface area contributed by atoms with E-state index in [1.165, 1.54) is 5.56 Å². The quantitative estimate of drug-likeness (QED) is 0.905. The number of hydrogen-bond donors (Lipinski definition) is 1. The molecule has 0 amide bonds. The average molecular weight is 294 g/mol. The van der Waals surface area contributed by atoms with Crippen LogP contribution in [-0.2, 0) is 0 Å². The second-order valence-electron chi connectivity index (χ2n) is 5.41. The van der Waals surface area contributed by atoms with Crippen LogP contribution >= 0.6 is 11.6 Å². The Morgan fingerprint density at radius 1 is 1.20 bits per heavy atom. The molecule has 1 heterocycles. The Hall–Kier alpha value is -1.03. The standard InChI is InChI=1S/C16H24ClN3/c1-3-19-8-10-20(11-9-19)12-16(13(2)18)14-4-6-15(17)7-5-14/h4-7,16H,2-3,8-12,18H2,1H3/t16-/m0/s1. The Morgan fingerprint density at radius 3 is 2.25 bits per heavy atom. The van der Waals surface area contributed by atoms with Crippen LogP contribution in [0.3, 0.4) is 0 Å². The summed E-state index contributed by atoms with van der Waals surface area (Å²) in [5.41, 5.74) is 7.93. The van der Waals surface area contributed by atoms with Crippen LogP contribution in [0.25, 0.3) is 0 Å². The minimum Gasteiger partial charge on any atom is -0.402 e. The van der Waals surface area contributed by atoms with Gasteiger partial charge in [0.2, 0.25) is 0 Å². The van der Waals surface area contributed by atoms with E-state index in [1.54, 1.807) is 0 Å². The summed E-state index contributed by atoms with van der Waals surface area (Å²) >= 11 is 5.95. The lowest BCUT2D eigenvalue weighted by Gasteiger charge is -2.36. The number of rotatable bonds is 5. The maximum atomic E-state index is 6.01. The summed E-state index contributed by atoms with van der Waals surface area (Å²) in [6.45, 7) is 12.7. The zero-order valence-electron chi connectivity index (χ0n) is 12.2. The van der Waals surface area contributed by atoms with E-state index in [0.717, 1.165) is 50.0 Å². The van der Waals surface area contributed by atoms with E-state index in [4.69, 9.17) is 17.3 Å². The molecule has 1 saturated heterocycles. The molecule has 0 bridgehead atoms. The number of nitrogens with zero attached hydrogens (tertiary/aromatic N) is 2. The zero-order chi connectivity index (χ0) is 14.5. The Labute approximate surface area is 127 Å². The first-order valence-electron chi connectivity index (χ1n) is 7.24. The third-order valence-electron chi connectivity index (χ3n) is 4.07. The second-order valence-corrected chi connectivity index (χ2v) is 5.85. The zero-order valence-corrected chi connectivity index (χ0v) is 12.9. The fraction of sp³-hybridized carbons (Fsp3) is 0.500. The number of piperazine rings is 1. The van der Waals surface area contributed by atoms with Crippen LogP contribution in [0.1, 0.15) is 18.4 Å². The van der Waals surface area contributed by atoms with Gasteiger partial charge in [0.15, 0.2) is 0 Å². The van der Waals surface area contributed by atoms with Gasteiger partial charge in [-0.1, -0.05) is 37.2 Å². The molecule has 1 atom stereocenters. The van der Waals surface area contributed by atoms with Gasteiger partial charge < -0.3 is 10.6 Å². The lowest BCUT2D eigenvalue weighted by molar-refractivity contribution is 0.134. The number of hydrogen-bond acceptors (Lipinski definition) is 3. The van der Waals surface area contributed by atoms with Gasteiger partial charge >= 0.3 is 0 Å². The topological polar surface area (TPSA) is 32.5 Å². The van der Waals surface area contributed by atoms with Gasteiger partial charge in [-0.25, -0.2) is 0 Å². The van der Waals surface area contributed by atoms with Crippen molar-refractivity contribution in [1.82, 2.24) is 9.80 Å². The van der Waals surface area contributed by atoms with Crippen LogP contribution < -0.4 is 5.73 Å². The molecule has 110 valence electrons. The molecule has 1 fully saturated rings. The fourth-order valence-electron chi connectivity index (χ4n) is 2.68. The van der Waals surface area contributed by atoms with Crippen LogP contribution in [-0.4, -0.2) is 49.1 Å². The number of nitrogens with two attached hydrogens (primary N) is 1. The van der Waals surface area contributed by atoms with Crippen LogP contribution in [0.15, 0.2) is 36.5 Å². The SMILES string of the molecule is C=C(N)[C@H](CN1CCN(CC)CC1)c1ccc(Cl)cc1. The second kappa shape index (κ2) is 7.11. The molecular weight excluding hydrogens is 270 g/mol. The molecule has 1 aliphatic rings. The first kappa shape index (κ1) is 15.4. The summed E-state index contributed by atoms with van der Waals surface area (Å²) in [6.07, 6.45) is 0. The molecule has 20 heavy (non-hydrogen) atoms. The van der Waals surface area contributed by atoms with Crippen LogP contribution in [0, 0.1) is 0 Å². The predicted octanol–water partition coefficient (Wildman–Crippen LogP) is 2.53. The summed E-state index contributed by atoms with van der Waals surface area (Å²) < 4.78 is 0. The van der Waals surface area contributed by atoms with Crippen molar-refractivity contribution in [3.8, 4) is 0 Å². The molecule has 0 aromatic heterocycles. The Morgan fingerprint density at radius 2 is 1.75 bits per heavy atom. The summed E-state index contributed by atoms with van der Waals surface area (Å²) in [5, 5.41) is 0.756. The van der Waals surface area contributed by atoms with E-state index < -0.39 is 0 Å². The van der Waals surface area contributed by atoms with Crippen LogP contribution in [0.2, 0.25) is 5.02 Å². The van der Waals surface area contributed by atoms with Crippen molar-refractivity contribution < 1.29 is 0 Å².